The minimum absolute atomic E-state index is 0.133. The molecule has 4 heteroatoms. The zero-order valence-electron chi connectivity index (χ0n) is 17.7. The van der Waals surface area contributed by atoms with Crippen LogP contribution in [0.2, 0.25) is 0 Å². The van der Waals surface area contributed by atoms with Gasteiger partial charge in [0.15, 0.2) is 0 Å². The molecule has 3 aliphatic rings. The fraction of sp³-hybridized carbons (Fsp3) is 0.500. The fourth-order valence-electron chi connectivity index (χ4n) is 5.81. The average Bonchev–Trinajstić information content (AvgIpc) is 3.37. The molecule has 0 bridgehead atoms. The van der Waals surface area contributed by atoms with Crippen LogP contribution in [0, 0.1) is 5.92 Å². The SMILES string of the molecule is COC(Cc1ccccc1)[C@H]1CCc2cc(C3CCC4(COC(=O)N4)C3)ccc2C1. The molecular formula is C26H31NO3. The van der Waals surface area contributed by atoms with Gasteiger partial charge in [-0.3, -0.25) is 0 Å². The minimum atomic E-state index is -0.254. The van der Waals surface area contributed by atoms with Crippen molar-refractivity contribution < 1.29 is 14.3 Å². The second kappa shape index (κ2) is 8.07. The Hall–Kier alpha value is -2.33. The summed E-state index contributed by atoms with van der Waals surface area (Å²) in [5.41, 5.74) is 5.63. The Morgan fingerprint density at radius 3 is 2.80 bits per heavy atom. The summed E-state index contributed by atoms with van der Waals surface area (Å²) in [6.07, 6.45) is 7.51. The highest BCUT2D eigenvalue weighted by atomic mass is 16.6. The zero-order chi connectivity index (χ0) is 20.6. The third-order valence-corrected chi connectivity index (χ3v) is 7.53. The first-order chi connectivity index (χ1) is 14.6. The number of rotatable bonds is 5. The Morgan fingerprint density at radius 2 is 2.03 bits per heavy atom. The second-order valence-electron chi connectivity index (χ2n) is 9.42. The molecule has 30 heavy (non-hydrogen) atoms. The van der Waals surface area contributed by atoms with E-state index in [0.29, 0.717) is 18.4 Å². The van der Waals surface area contributed by atoms with Crippen LogP contribution in [-0.4, -0.2) is 31.5 Å². The quantitative estimate of drug-likeness (QED) is 0.778. The first-order valence-corrected chi connectivity index (χ1v) is 11.3. The van der Waals surface area contributed by atoms with Crippen LogP contribution in [0.4, 0.5) is 4.79 Å². The molecule has 4 nitrogen and oxygen atoms in total. The van der Waals surface area contributed by atoms with Crippen LogP contribution in [-0.2, 0) is 28.7 Å². The van der Waals surface area contributed by atoms with Crippen molar-refractivity contribution in [2.45, 2.75) is 62.5 Å². The van der Waals surface area contributed by atoms with Gasteiger partial charge in [-0.25, -0.2) is 4.79 Å². The van der Waals surface area contributed by atoms with Crippen molar-refractivity contribution in [3.63, 3.8) is 0 Å². The Kier molecular flexibility index (Phi) is 5.28. The van der Waals surface area contributed by atoms with Crippen molar-refractivity contribution >= 4 is 6.09 Å². The zero-order valence-corrected chi connectivity index (χ0v) is 17.7. The van der Waals surface area contributed by atoms with Gasteiger partial charge in [-0.2, -0.15) is 0 Å². The van der Waals surface area contributed by atoms with Crippen molar-refractivity contribution in [2.24, 2.45) is 5.92 Å². The van der Waals surface area contributed by atoms with E-state index in [1.165, 1.54) is 28.7 Å². The molecule has 3 unspecified atom stereocenters. The molecule has 1 saturated heterocycles. The summed E-state index contributed by atoms with van der Waals surface area (Å²) >= 11 is 0. The predicted molar refractivity (Wildman–Crippen MR) is 117 cm³/mol. The van der Waals surface area contributed by atoms with Gasteiger partial charge in [-0.1, -0.05) is 48.5 Å². The molecule has 1 amide bonds. The third-order valence-electron chi connectivity index (χ3n) is 7.53. The van der Waals surface area contributed by atoms with Crippen LogP contribution in [0.5, 0.6) is 0 Å². The van der Waals surface area contributed by atoms with Crippen LogP contribution >= 0.6 is 0 Å². The number of carbonyl (C=O) groups excluding carboxylic acids is 1. The number of hydrogen-bond acceptors (Lipinski definition) is 3. The highest BCUT2D eigenvalue weighted by Gasteiger charge is 2.46. The van der Waals surface area contributed by atoms with E-state index in [2.05, 4.69) is 53.8 Å². The number of amides is 1. The second-order valence-corrected chi connectivity index (χ2v) is 9.42. The molecule has 158 valence electrons. The molecule has 1 N–H and O–H groups in total. The largest absolute Gasteiger partial charge is 0.447 e. The Labute approximate surface area is 179 Å². The molecule has 2 aromatic carbocycles. The standard InChI is InChI=1S/C26H31NO3/c1-29-24(13-18-5-3-2-4-6-18)22-10-9-19-14-21(8-7-20(19)15-22)23-11-12-26(16-23)17-30-25(28)27-26/h2-8,14,22-24H,9-13,15-17H2,1H3,(H,27,28)/t22-,23?,24?,26?/m0/s1. The monoisotopic (exact) mass is 405 g/mol. The molecule has 4 atom stereocenters. The van der Waals surface area contributed by atoms with E-state index in [1.54, 1.807) is 0 Å². The van der Waals surface area contributed by atoms with Crippen LogP contribution in [0.3, 0.4) is 0 Å². The van der Waals surface area contributed by atoms with E-state index in [-0.39, 0.29) is 17.7 Å². The van der Waals surface area contributed by atoms with Crippen molar-refractivity contribution in [1.82, 2.24) is 5.32 Å². The number of carbonyl (C=O) groups is 1. The maximum atomic E-state index is 11.5. The molecule has 2 fully saturated rings. The van der Waals surface area contributed by atoms with Gasteiger partial charge in [0.25, 0.3) is 0 Å². The molecule has 1 heterocycles. The lowest BCUT2D eigenvalue weighted by atomic mass is 9.78. The van der Waals surface area contributed by atoms with Crippen molar-refractivity contribution in [2.75, 3.05) is 13.7 Å². The first kappa shape index (κ1) is 19.6. The van der Waals surface area contributed by atoms with Gasteiger partial charge in [-0.15, -0.1) is 0 Å². The minimum Gasteiger partial charge on any atom is -0.447 e. The molecular weight excluding hydrogens is 374 g/mol. The van der Waals surface area contributed by atoms with Gasteiger partial charge in [-0.05, 0) is 79.0 Å². The summed E-state index contributed by atoms with van der Waals surface area (Å²) in [6, 6.07) is 17.8. The van der Waals surface area contributed by atoms with Crippen LogP contribution < -0.4 is 5.32 Å². The van der Waals surface area contributed by atoms with Crippen molar-refractivity contribution in [3.05, 3.63) is 70.8 Å². The Balaban J connectivity index is 1.26. The Bertz CT molecular complexity index is 912. The molecule has 1 aliphatic heterocycles. The van der Waals surface area contributed by atoms with Gasteiger partial charge in [0.2, 0.25) is 0 Å². The topological polar surface area (TPSA) is 47.6 Å². The molecule has 0 radical (unpaired) electrons. The molecule has 0 aromatic heterocycles. The number of ether oxygens (including phenoxy) is 2. The van der Waals surface area contributed by atoms with Crippen LogP contribution in [0.25, 0.3) is 0 Å². The van der Waals surface area contributed by atoms with E-state index in [1.807, 2.05) is 7.11 Å². The Morgan fingerprint density at radius 1 is 1.17 bits per heavy atom. The molecule has 5 rings (SSSR count). The van der Waals surface area contributed by atoms with Crippen LogP contribution in [0.1, 0.15) is 53.9 Å². The number of hydrogen-bond donors (Lipinski definition) is 1. The summed E-state index contributed by atoms with van der Waals surface area (Å²) in [6.45, 7) is 0.523. The van der Waals surface area contributed by atoms with Crippen molar-refractivity contribution in [1.29, 1.82) is 0 Å². The van der Waals surface area contributed by atoms with Gasteiger partial charge in [0.1, 0.15) is 6.61 Å². The molecule has 2 aromatic rings. The smallest absolute Gasteiger partial charge is 0.407 e. The lowest BCUT2D eigenvalue weighted by Gasteiger charge is -2.31. The number of alkyl carbamates (subject to hydrolysis) is 1. The maximum absolute atomic E-state index is 11.5. The number of benzene rings is 2. The third kappa shape index (κ3) is 3.85. The normalized spacial score (nSPS) is 28.8. The van der Waals surface area contributed by atoms with Gasteiger partial charge in [0.05, 0.1) is 11.6 Å². The fourth-order valence-corrected chi connectivity index (χ4v) is 5.81. The summed E-state index contributed by atoms with van der Waals surface area (Å²) in [4.78, 5) is 11.5. The molecule has 1 saturated carbocycles. The molecule has 1 spiro atoms. The summed E-state index contributed by atoms with van der Waals surface area (Å²) < 4.78 is 11.1. The highest BCUT2D eigenvalue weighted by molar-refractivity contribution is 5.70. The molecule has 2 aliphatic carbocycles. The number of cyclic esters (lactones) is 1. The van der Waals surface area contributed by atoms with E-state index in [9.17, 15) is 4.79 Å². The van der Waals surface area contributed by atoms with E-state index in [0.717, 1.165) is 38.5 Å². The average molecular weight is 406 g/mol. The number of aryl methyl sites for hydroxylation is 1. The van der Waals surface area contributed by atoms with Gasteiger partial charge < -0.3 is 14.8 Å². The lowest BCUT2D eigenvalue weighted by Crippen LogP contribution is -2.40. The predicted octanol–water partition coefficient (Wildman–Crippen LogP) is 4.80. The number of fused-ring (bicyclic) bond motifs is 1. The van der Waals surface area contributed by atoms with Gasteiger partial charge in [0, 0.05) is 7.11 Å². The van der Waals surface area contributed by atoms with Crippen LogP contribution in [0.15, 0.2) is 48.5 Å². The highest BCUT2D eigenvalue weighted by Crippen LogP contribution is 2.43. The summed E-state index contributed by atoms with van der Waals surface area (Å²) in [5.74, 6) is 1.08. The van der Waals surface area contributed by atoms with E-state index in [4.69, 9.17) is 9.47 Å². The summed E-state index contributed by atoms with van der Waals surface area (Å²) in [7, 11) is 1.85. The lowest BCUT2D eigenvalue weighted by molar-refractivity contribution is 0.0466. The number of methoxy groups -OCH3 is 1. The van der Waals surface area contributed by atoms with Gasteiger partial charge >= 0.3 is 6.09 Å². The summed E-state index contributed by atoms with van der Waals surface area (Å²) in [5, 5.41) is 3.06. The van der Waals surface area contributed by atoms with E-state index < -0.39 is 0 Å². The van der Waals surface area contributed by atoms with E-state index >= 15 is 0 Å². The van der Waals surface area contributed by atoms with Crippen molar-refractivity contribution in [3.8, 4) is 0 Å². The first-order valence-electron chi connectivity index (χ1n) is 11.3. The number of nitrogens with one attached hydrogen (secondary N) is 1. The maximum Gasteiger partial charge on any atom is 0.407 e.